The summed E-state index contributed by atoms with van der Waals surface area (Å²) in [4.78, 5) is 4.67. The van der Waals surface area contributed by atoms with Gasteiger partial charge in [0.05, 0.1) is 28.4 Å². The van der Waals surface area contributed by atoms with Crippen LogP contribution in [0.1, 0.15) is 0 Å². The normalized spacial score (nSPS) is 12.1. The molecule has 1 aromatic heterocycles. The van der Waals surface area contributed by atoms with Crippen LogP contribution in [0.3, 0.4) is 0 Å². The van der Waals surface area contributed by atoms with Crippen molar-refractivity contribution < 1.29 is 0 Å². The molecule has 0 unspecified atom stereocenters. The molecular weight excluding hydrogens is 526 g/mol. The fourth-order valence-electron chi connectivity index (χ4n) is 5.93. The molecular formula is C38H27N5. The summed E-state index contributed by atoms with van der Waals surface area (Å²) in [5.74, 6) is 0. The fourth-order valence-corrected chi connectivity index (χ4v) is 5.93. The molecule has 6 aromatic carbocycles. The highest BCUT2D eigenvalue weighted by Crippen LogP contribution is 2.53. The topological polar surface area (TPSA) is 37.2 Å². The van der Waals surface area contributed by atoms with Gasteiger partial charge >= 0.3 is 0 Å². The van der Waals surface area contributed by atoms with Crippen molar-refractivity contribution in [2.45, 2.75) is 0 Å². The van der Waals surface area contributed by atoms with Crippen molar-refractivity contribution in [1.29, 1.82) is 0 Å². The molecule has 204 valence electrons. The third kappa shape index (κ3) is 4.26. The summed E-state index contributed by atoms with van der Waals surface area (Å²) < 4.78 is 1.94. The molecule has 1 aliphatic rings. The van der Waals surface area contributed by atoms with Crippen LogP contribution in [0.4, 0.5) is 34.1 Å². The molecule has 5 heteroatoms. The molecule has 0 aliphatic carbocycles. The molecule has 43 heavy (non-hydrogen) atoms. The van der Waals surface area contributed by atoms with Gasteiger partial charge in [0, 0.05) is 22.5 Å². The molecule has 0 saturated heterocycles. The predicted octanol–water partition coefficient (Wildman–Crippen LogP) is 9.85. The van der Waals surface area contributed by atoms with Gasteiger partial charge in [-0.15, -0.1) is 5.10 Å². The van der Waals surface area contributed by atoms with Crippen LogP contribution in [0.15, 0.2) is 164 Å². The lowest BCUT2D eigenvalue weighted by Crippen LogP contribution is -2.23. The monoisotopic (exact) mass is 553 g/mol. The van der Waals surface area contributed by atoms with Crippen LogP contribution in [0.2, 0.25) is 0 Å². The molecule has 0 N–H and O–H groups in total. The number of benzene rings is 6. The second kappa shape index (κ2) is 10.5. The van der Waals surface area contributed by atoms with E-state index >= 15 is 0 Å². The molecule has 0 radical (unpaired) electrons. The SMILES string of the molecule is c1ccc(-c2nnn(-c3ccc(N4c5ccccc5N(c5ccccc5)c5ccccc54)cc3)c2-c2ccccc2)cc1. The van der Waals surface area contributed by atoms with Gasteiger partial charge in [0.25, 0.3) is 0 Å². The smallest absolute Gasteiger partial charge is 0.121 e. The van der Waals surface area contributed by atoms with E-state index in [4.69, 9.17) is 0 Å². The first-order valence-corrected chi connectivity index (χ1v) is 14.4. The lowest BCUT2D eigenvalue weighted by Gasteiger charge is -2.40. The van der Waals surface area contributed by atoms with Crippen LogP contribution >= 0.6 is 0 Å². The second-order valence-corrected chi connectivity index (χ2v) is 10.4. The Hall–Kier alpha value is -5.94. The molecule has 7 aromatic rings. The van der Waals surface area contributed by atoms with E-state index in [-0.39, 0.29) is 0 Å². The van der Waals surface area contributed by atoms with Crippen LogP contribution in [-0.2, 0) is 0 Å². The van der Waals surface area contributed by atoms with Crippen LogP contribution in [0, 0.1) is 0 Å². The minimum atomic E-state index is 0.857. The predicted molar refractivity (Wildman–Crippen MR) is 175 cm³/mol. The van der Waals surface area contributed by atoms with Crippen molar-refractivity contribution in [3.05, 3.63) is 164 Å². The Morgan fingerprint density at radius 3 is 1.26 bits per heavy atom. The molecule has 0 fully saturated rings. The lowest BCUT2D eigenvalue weighted by atomic mass is 10.0. The highest BCUT2D eigenvalue weighted by Gasteiger charge is 2.30. The zero-order valence-electron chi connectivity index (χ0n) is 23.3. The number of fused-ring (bicyclic) bond motifs is 2. The highest BCUT2D eigenvalue weighted by atomic mass is 15.4. The van der Waals surface area contributed by atoms with E-state index in [1.807, 2.05) is 28.9 Å². The van der Waals surface area contributed by atoms with Crippen molar-refractivity contribution >= 4 is 34.1 Å². The number of nitrogens with zero attached hydrogens (tertiary/aromatic N) is 5. The van der Waals surface area contributed by atoms with Crippen LogP contribution in [-0.4, -0.2) is 15.0 Å². The van der Waals surface area contributed by atoms with Crippen LogP contribution < -0.4 is 9.80 Å². The summed E-state index contributed by atoms with van der Waals surface area (Å²) >= 11 is 0. The number of hydrogen-bond acceptors (Lipinski definition) is 4. The molecule has 0 saturated carbocycles. The highest BCUT2D eigenvalue weighted by molar-refractivity contribution is 6.01. The maximum atomic E-state index is 4.65. The third-order valence-corrected chi connectivity index (χ3v) is 7.86. The minimum absolute atomic E-state index is 0.857. The van der Waals surface area contributed by atoms with Crippen LogP contribution in [0.25, 0.3) is 28.2 Å². The van der Waals surface area contributed by atoms with Gasteiger partial charge in [-0.05, 0) is 60.7 Å². The Labute approximate surface area is 250 Å². The van der Waals surface area contributed by atoms with E-state index in [1.54, 1.807) is 0 Å². The largest absolute Gasteiger partial charge is 0.306 e. The van der Waals surface area contributed by atoms with Crippen molar-refractivity contribution in [1.82, 2.24) is 15.0 Å². The third-order valence-electron chi connectivity index (χ3n) is 7.86. The van der Waals surface area contributed by atoms with E-state index in [9.17, 15) is 0 Å². The standard InChI is InChI=1S/C38H27N5/c1-4-14-28(15-5-1)37-38(29-16-6-2-7-17-29)43(40-39-37)32-26-24-31(25-27-32)42-35-22-12-10-20-33(35)41(30-18-8-3-9-19-30)34-21-11-13-23-36(34)42/h1-27H. The Morgan fingerprint density at radius 2 is 0.744 bits per heavy atom. The zero-order chi connectivity index (χ0) is 28.6. The molecule has 2 heterocycles. The molecule has 0 amide bonds. The van der Waals surface area contributed by atoms with Gasteiger partial charge in [-0.1, -0.05) is 108 Å². The first kappa shape index (κ1) is 24.8. The number of hydrogen-bond donors (Lipinski definition) is 0. The lowest BCUT2D eigenvalue weighted by molar-refractivity contribution is 0.808. The van der Waals surface area contributed by atoms with E-state index in [0.717, 1.165) is 62.3 Å². The molecule has 5 nitrogen and oxygen atoms in total. The Morgan fingerprint density at radius 1 is 0.349 bits per heavy atom. The summed E-state index contributed by atoms with van der Waals surface area (Å²) in [7, 11) is 0. The average molecular weight is 554 g/mol. The van der Waals surface area contributed by atoms with Crippen molar-refractivity contribution in [2.24, 2.45) is 0 Å². The summed E-state index contributed by atoms with van der Waals surface area (Å²) in [6.07, 6.45) is 0. The Kier molecular flexibility index (Phi) is 6.05. The van der Waals surface area contributed by atoms with Gasteiger partial charge in [0.1, 0.15) is 11.4 Å². The molecule has 0 spiro atoms. The number of rotatable bonds is 5. The second-order valence-electron chi connectivity index (χ2n) is 10.4. The maximum absolute atomic E-state index is 4.65. The van der Waals surface area contributed by atoms with Gasteiger partial charge in [-0.3, -0.25) is 0 Å². The first-order chi connectivity index (χ1) is 21.4. The van der Waals surface area contributed by atoms with E-state index < -0.39 is 0 Å². The van der Waals surface area contributed by atoms with E-state index in [2.05, 4.69) is 160 Å². The van der Waals surface area contributed by atoms with E-state index in [1.165, 1.54) is 0 Å². The van der Waals surface area contributed by atoms with Crippen molar-refractivity contribution in [2.75, 3.05) is 9.80 Å². The summed E-state index contributed by atoms with van der Waals surface area (Å²) in [5.41, 5.74) is 11.6. The molecule has 0 bridgehead atoms. The maximum Gasteiger partial charge on any atom is 0.121 e. The fraction of sp³-hybridized carbons (Fsp3) is 0. The molecule has 8 rings (SSSR count). The summed E-state index contributed by atoms with van der Waals surface area (Å²) in [6, 6.07) is 56.9. The zero-order valence-corrected chi connectivity index (χ0v) is 23.3. The minimum Gasteiger partial charge on any atom is -0.306 e. The van der Waals surface area contributed by atoms with Gasteiger partial charge in [0.15, 0.2) is 0 Å². The summed E-state index contributed by atoms with van der Waals surface area (Å²) in [5, 5.41) is 9.29. The average Bonchev–Trinajstić information content (AvgIpc) is 3.54. The van der Waals surface area contributed by atoms with Gasteiger partial charge in [-0.25, -0.2) is 4.68 Å². The Balaban J connectivity index is 1.24. The van der Waals surface area contributed by atoms with Gasteiger partial charge < -0.3 is 9.80 Å². The first-order valence-electron chi connectivity index (χ1n) is 14.4. The van der Waals surface area contributed by atoms with Crippen molar-refractivity contribution in [3.8, 4) is 28.2 Å². The summed E-state index contributed by atoms with van der Waals surface area (Å²) in [6.45, 7) is 0. The number of para-hydroxylation sites is 5. The molecule has 1 aliphatic heterocycles. The number of aromatic nitrogens is 3. The van der Waals surface area contributed by atoms with Crippen molar-refractivity contribution in [3.63, 3.8) is 0 Å². The number of anilines is 6. The van der Waals surface area contributed by atoms with Crippen LogP contribution in [0.5, 0.6) is 0 Å². The van der Waals surface area contributed by atoms with Gasteiger partial charge in [-0.2, -0.15) is 0 Å². The Bertz CT molecular complexity index is 1970. The molecule has 0 atom stereocenters. The van der Waals surface area contributed by atoms with Gasteiger partial charge in [0.2, 0.25) is 0 Å². The quantitative estimate of drug-likeness (QED) is 0.213. The van der Waals surface area contributed by atoms with E-state index in [0.29, 0.717) is 0 Å².